The molecule has 4 aromatic rings. The number of aryl methyl sites for hydroxylation is 1. The molecule has 33 heavy (non-hydrogen) atoms. The molecule has 0 N–H and O–H groups in total. The quantitative estimate of drug-likeness (QED) is 0.387. The molecule has 0 saturated carbocycles. The van der Waals surface area contributed by atoms with Crippen molar-refractivity contribution >= 4 is 11.9 Å². The van der Waals surface area contributed by atoms with Crippen molar-refractivity contribution in [2.45, 2.75) is 20.1 Å². The fourth-order valence-electron chi connectivity index (χ4n) is 3.32. The molecule has 0 fully saturated rings. The topological polar surface area (TPSA) is 85.5 Å². The van der Waals surface area contributed by atoms with E-state index in [1.54, 1.807) is 36.2 Å². The van der Waals surface area contributed by atoms with E-state index in [-0.39, 0.29) is 29.5 Å². The second kappa shape index (κ2) is 9.91. The molecule has 1 aromatic heterocycles. The predicted molar refractivity (Wildman–Crippen MR) is 122 cm³/mol. The summed E-state index contributed by atoms with van der Waals surface area (Å²) >= 11 is 0. The Bertz CT molecular complexity index is 1250. The van der Waals surface area contributed by atoms with Crippen molar-refractivity contribution in [2.75, 3.05) is 7.05 Å². The highest BCUT2D eigenvalue weighted by Crippen LogP contribution is 2.19. The number of ether oxygens (including phenoxy) is 1. The van der Waals surface area contributed by atoms with E-state index in [9.17, 15) is 9.59 Å². The number of hydrogen-bond donors (Lipinski definition) is 0. The molecular weight excluding hydrogens is 418 g/mol. The zero-order valence-electron chi connectivity index (χ0n) is 18.4. The molecule has 4 rings (SSSR count). The van der Waals surface area contributed by atoms with Gasteiger partial charge in [0.15, 0.2) is 6.61 Å². The van der Waals surface area contributed by atoms with E-state index in [1.165, 1.54) is 0 Å². The smallest absolute Gasteiger partial charge is 0.339 e. The SMILES string of the molecule is Cc1ccc(-c2nc(COC(=O)c3ccccc3C(=O)N(C)Cc3ccccc3)no2)cc1. The standard InChI is InChI=1S/C26H23N3O4/c1-18-12-14-20(15-13-18)24-27-23(28-33-24)17-32-26(31)22-11-7-6-10-21(22)25(30)29(2)16-19-8-4-3-5-9-19/h3-15H,16-17H2,1-2H3. The maximum Gasteiger partial charge on any atom is 0.339 e. The highest BCUT2D eigenvalue weighted by Gasteiger charge is 2.21. The minimum Gasteiger partial charge on any atom is -0.454 e. The van der Waals surface area contributed by atoms with Gasteiger partial charge in [0.25, 0.3) is 11.8 Å². The minimum absolute atomic E-state index is 0.170. The Morgan fingerprint density at radius 1 is 0.909 bits per heavy atom. The number of aromatic nitrogens is 2. The molecule has 0 bridgehead atoms. The summed E-state index contributed by atoms with van der Waals surface area (Å²) in [6.07, 6.45) is 0. The highest BCUT2D eigenvalue weighted by molar-refractivity contribution is 6.05. The van der Waals surface area contributed by atoms with Crippen LogP contribution in [-0.2, 0) is 17.9 Å². The molecule has 0 saturated heterocycles. The fourth-order valence-corrected chi connectivity index (χ4v) is 3.32. The molecule has 0 aliphatic heterocycles. The lowest BCUT2D eigenvalue weighted by Gasteiger charge is -2.18. The molecular formula is C26H23N3O4. The third-order valence-electron chi connectivity index (χ3n) is 5.09. The van der Waals surface area contributed by atoms with Gasteiger partial charge in [-0.05, 0) is 36.8 Å². The molecule has 7 heteroatoms. The summed E-state index contributed by atoms with van der Waals surface area (Å²) in [5, 5.41) is 3.87. The molecule has 0 aliphatic rings. The van der Waals surface area contributed by atoms with Crippen molar-refractivity contribution in [3.05, 3.63) is 107 Å². The molecule has 0 spiro atoms. The molecule has 1 heterocycles. The van der Waals surface area contributed by atoms with Crippen molar-refractivity contribution in [3.63, 3.8) is 0 Å². The van der Waals surface area contributed by atoms with Crippen LogP contribution in [-0.4, -0.2) is 34.0 Å². The maximum absolute atomic E-state index is 13.0. The third-order valence-corrected chi connectivity index (χ3v) is 5.09. The third kappa shape index (κ3) is 5.33. The van der Waals surface area contributed by atoms with Crippen LogP contribution in [0.4, 0.5) is 0 Å². The first-order valence-electron chi connectivity index (χ1n) is 10.5. The Hall–Kier alpha value is -4.26. The summed E-state index contributed by atoms with van der Waals surface area (Å²) < 4.78 is 10.6. The van der Waals surface area contributed by atoms with E-state index in [1.807, 2.05) is 61.5 Å². The van der Waals surface area contributed by atoms with Gasteiger partial charge < -0.3 is 14.2 Å². The summed E-state index contributed by atoms with van der Waals surface area (Å²) in [6, 6.07) is 23.9. The largest absolute Gasteiger partial charge is 0.454 e. The number of carbonyl (C=O) groups is 2. The Balaban J connectivity index is 1.43. The Kier molecular flexibility index (Phi) is 6.59. The first-order chi connectivity index (χ1) is 16.0. The Morgan fingerprint density at radius 3 is 2.30 bits per heavy atom. The molecule has 0 aliphatic carbocycles. The van der Waals surface area contributed by atoms with Crippen molar-refractivity contribution < 1.29 is 18.8 Å². The Labute approximate surface area is 191 Å². The lowest BCUT2D eigenvalue weighted by atomic mass is 10.1. The van der Waals surface area contributed by atoms with Gasteiger partial charge in [0.2, 0.25) is 5.82 Å². The summed E-state index contributed by atoms with van der Waals surface area (Å²) in [5.41, 5.74) is 3.35. The van der Waals surface area contributed by atoms with Crippen LogP contribution in [0.2, 0.25) is 0 Å². The van der Waals surface area contributed by atoms with E-state index in [4.69, 9.17) is 9.26 Å². The summed E-state index contributed by atoms with van der Waals surface area (Å²) in [4.78, 5) is 31.6. The van der Waals surface area contributed by atoms with Gasteiger partial charge in [-0.25, -0.2) is 4.79 Å². The molecule has 0 unspecified atom stereocenters. The number of hydrogen-bond acceptors (Lipinski definition) is 6. The van der Waals surface area contributed by atoms with Crippen LogP contribution in [0.25, 0.3) is 11.5 Å². The lowest BCUT2D eigenvalue weighted by molar-refractivity contribution is 0.0454. The number of carbonyl (C=O) groups excluding carboxylic acids is 2. The van der Waals surface area contributed by atoms with Gasteiger partial charge in [-0.2, -0.15) is 4.98 Å². The van der Waals surface area contributed by atoms with Crippen LogP contribution in [0.5, 0.6) is 0 Å². The average Bonchev–Trinajstić information content (AvgIpc) is 3.32. The molecule has 3 aromatic carbocycles. The van der Waals surface area contributed by atoms with Crippen LogP contribution in [0, 0.1) is 6.92 Å². The monoisotopic (exact) mass is 441 g/mol. The van der Waals surface area contributed by atoms with E-state index >= 15 is 0 Å². The molecule has 0 atom stereocenters. The van der Waals surface area contributed by atoms with E-state index in [2.05, 4.69) is 10.1 Å². The van der Waals surface area contributed by atoms with Gasteiger partial charge in [0.1, 0.15) is 0 Å². The van der Waals surface area contributed by atoms with Crippen LogP contribution in [0.15, 0.2) is 83.4 Å². The zero-order chi connectivity index (χ0) is 23.2. The summed E-state index contributed by atoms with van der Waals surface area (Å²) in [5.74, 6) is -0.315. The van der Waals surface area contributed by atoms with Crippen molar-refractivity contribution in [3.8, 4) is 11.5 Å². The van der Waals surface area contributed by atoms with E-state index in [0.29, 0.717) is 12.4 Å². The van der Waals surface area contributed by atoms with Crippen molar-refractivity contribution in [2.24, 2.45) is 0 Å². The van der Waals surface area contributed by atoms with Crippen molar-refractivity contribution in [1.29, 1.82) is 0 Å². The number of nitrogens with zero attached hydrogens (tertiary/aromatic N) is 3. The average molecular weight is 441 g/mol. The van der Waals surface area contributed by atoms with E-state index in [0.717, 1.165) is 16.7 Å². The summed E-state index contributed by atoms with van der Waals surface area (Å²) in [6.45, 7) is 2.24. The molecule has 1 amide bonds. The number of amides is 1. The van der Waals surface area contributed by atoms with Crippen LogP contribution in [0.3, 0.4) is 0 Å². The number of esters is 1. The van der Waals surface area contributed by atoms with Gasteiger partial charge in [-0.15, -0.1) is 0 Å². The van der Waals surface area contributed by atoms with Crippen LogP contribution in [0.1, 0.15) is 37.7 Å². The highest BCUT2D eigenvalue weighted by atomic mass is 16.5. The van der Waals surface area contributed by atoms with Gasteiger partial charge in [0.05, 0.1) is 11.1 Å². The zero-order valence-corrected chi connectivity index (χ0v) is 18.4. The van der Waals surface area contributed by atoms with Gasteiger partial charge in [-0.1, -0.05) is 65.3 Å². The molecule has 0 radical (unpaired) electrons. The Morgan fingerprint density at radius 2 is 1.58 bits per heavy atom. The molecule has 7 nitrogen and oxygen atoms in total. The van der Waals surface area contributed by atoms with Gasteiger partial charge in [0, 0.05) is 19.2 Å². The van der Waals surface area contributed by atoms with Crippen LogP contribution < -0.4 is 0 Å². The second-order valence-electron chi connectivity index (χ2n) is 7.65. The fraction of sp³-hybridized carbons (Fsp3) is 0.154. The minimum atomic E-state index is -0.631. The maximum atomic E-state index is 13.0. The first-order valence-corrected chi connectivity index (χ1v) is 10.5. The van der Waals surface area contributed by atoms with Crippen molar-refractivity contribution in [1.82, 2.24) is 15.0 Å². The predicted octanol–water partition coefficient (Wildman–Crippen LogP) is 4.67. The van der Waals surface area contributed by atoms with E-state index < -0.39 is 5.97 Å². The van der Waals surface area contributed by atoms with Gasteiger partial charge >= 0.3 is 5.97 Å². The molecule has 166 valence electrons. The normalized spacial score (nSPS) is 10.6. The first kappa shape index (κ1) is 22.0. The summed E-state index contributed by atoms with van der Waals surface area (Å²) in [7, 11) is 1.70. The van der Waals surface area contributed by atoms with Crippen LogP contribution >= 0.6 is 0 Å². The van der Waals surface area contributed by atoms with Gasteiger partial charge in [-0.3, -0.25) is 4.79 Å². The lowest BCUT2D eigenvalue weighted by Crippen LogP contribution is -2.28. The second-order valence-corrected chi connectivity index (χ2v) is 7.65. The number of benzene rings is 3. The number of rotatable bonds is 7.